The molecular weight excluding hydrogens is 319 g/mol. The Kier molecular flexibility index (Phi) is 4.15. The number of hydrogen-bond acceptors (Lipinski definition) is 4. The third kappa shape index (κ3) is 2.64. The van der Waals surface area contributed by atoms with Crippen molar-refractivity contribution in [1.29, 1.82) is 0 Å². The topological polar surface area (TPSA) is 80.9 Å². The van der Waals surface area contributed by atoms with Crippen molar-refractivity contribution < 1.29 is 4.79 Å². The molecule has 1 aliphatic rings. The van der Waals surface area contributed by atoms with Crippen molar-refractivity contribution in [1.82, 2.24) is 7.96 Å². The van der Waals surface area contributed by atoms with Gasteiger partial charge in [-0.05, 0) is 0 Å². The third-order valence-corrected chi connectivity index (χ3v) is 5.23. The number of carbonyl (C=O) groups is 1. The van der Waals surface area contributed by atoms with E-state index in [0.29, 0.717) is 12.5 Å². The normalized spacial score (nSPS) is 22.9. The summed E-state index contributed by atoms with van der Waals surface area (Å²) in [5.41, 5.74) is 8.32. The number of rotatable bonds is 3. The van der Waals surface area contributed by atoms with E-state index in [9.17, 15) is 4.79 Å². The minimum absolute atomic E-state index is 0.0356. The van der Waals surface area contributed by atoms with Gasteiger partial charge in [-0.15, -0.1) is 0 Å². The van der Waals surface area contributed by atoms with Crippen LogP contribution in [0.2, 0.25) is 0 Å². The average Bonchev–Trinajstić information content (AvgIpc) is 2.96. The van der Waals surface area contributed by atoms with Gasteiger partial charge in [0.25, 0.3) is 0 Å². The molecule has 1 aromatic carbocycles. The number of aromatic nitrogens is 2. The van der Waals surface area contributed by atoms with Crippen molar-refractivity contribution in [2.24, 2.45) is 17.6 Å². The van der Waals surface area contributed by atoms with Crippen LogP contribution in [0.25, 0.3) is 11.0 Å². The predicted molar refractivity (Wildman–Crippen MR) is 79.6 cm³/mol. The molecule has 2 aromatic rings. The molecule has 1 fully saturated rings. The molecule has 0 bridgehead atoms. The zero-order chi connectivity index (χ0) is 13.9. The van der Waals surface area contributed by atoms with Gasteiger partial charge in [0.15, 0.2) is 0 Å². The van der Waals surface area contributed by atoms with E-state index in [0.717, 1.165) is 36.0 Å². The summed E-state index contributed by atoms with van der Waals surface area (Å²) in [6, 6.07) is 5.75. The second-order valence-corrected chi connectivity index (χ2v) is 6.42. The molecule has 1 heterocycles. The number of carbonyl (C=O) groups excluding carboxylic acids is 1. The molecule has 106 valence electrons. The Bertz CT molecular complexity index is 612. The van der Waals surface area contributed by atoms with E-state index < -0.39 is 0 Å². The second-order valence-electron chi connectivity index (χ2n) is 5.31. The van der Waals surface area contributed by atoms with Crippen molar-refractivity contribution in [2.75, 3.05) is 11.9 Å². The number of fused-ring (bicyclic) bond motifs is 1. The predicted octanol–water partition coefficient (Wildman–Crippen LogP) is 1.39. The molecular formula is C14H18N4OSe. The van der Waals surface area contributed by atoms with Gasteiger partial charge < -0.3 is 0 Å². The van der Waals surface area contributed by atoms with Crippen LogP contribution in [0.4, 0.5) is 5.69 Å². The van der Waals surface area contributed by atoms with Gasteiger partial charge in [0.2, 0.25) is 0 Å². The molecule has 0 radical (unpaired) electrons. The van der Waals surface area contributed by atoms with Crippen LogP contribution in [0, 0.1) is 11.8 Å². The molecule has 0 saturated heterocycles. The molecule has 2 unspecified atom stereocenters. The van der Waals surface area contributed by atoms with Gasteiger partial charge in [0.1, 0.15) is 0 Å². The first-order valence-electron chi connectivity index (χ1n) is 7.02. The standard InChI is InChI=1S/C14H18N4OSe/c15-8-9-4-1-2-5-10(9)14(19)16-11-6-3-7-12-13(11)18-20-17-12/h3,6-7,9-10H,1-2,4-5,8,15H2,(H,16,19). The van der Waals surface area contributed by atoms with Crippen LogP contribution >= 0.6 is 0 Å². The molecule has 1 amide bonds. The molecule has 2 atom stereocenters. The van der Waals surface area contributed by atoms with Crippen molar-refractivity contribution >= 4 is 37.6 Å². The molecule has 20 heavy (non-hydrogen) atoms. The molecule has 3 rings (SSSR count). The van der Waals surface area contributed by atoms with E-state index in [-0.39, 0.29) is 26.8 Å². The molecule has 1 aliphatic carbocycles. The van der Waals surface area contributed by atoms with Gasteiger partial charge in [0, 0.05) is 0 Å². The number of nitrogens with zero attached hydrogens (tertiary/aromatic N) is 2. The van der Waals surface area contributed by atoms with Crippen LogP contribution in [-0.2, 0) is 4.79 Å². The molecule has 5 nitrogen and oxygen atoms in total. The van der Waals surface area contributed by atoms with Crippen molar-refractivity contribution in [2.45, 2.75) is 25.7 Å². The Labute approximate surface area is 124 Å². The summed E-state index contributed by atoms with van der Waals surface area (Å²) in [4.78, 5) is 12.5. The number of benzene rings is 1. The van der Waals surface area contributed by atoms with Crippen molar-refractivity contribution in [3.8, 4) is 0 Å². The maximum atomic E-state index is 12.5. The SMILES string of the molecule is NCC1CCCCC1C(=O)Nc1cccc2n[se]nc12. The fourth-order valence-electron chi connectivity index (χ4n) is 2.97. The zero-order valence-electron chi connectivity index (χ0n) is 11.2. The summed E-state index contributed by atoms with van der Waals surface area (Å²) in [5, 5.41) is 3.04. The fourth-order valence-corrected chi connectivity index (χ4v) is 4.12. The number of nitrogens with one attached hydrogen (secondary N) is 1. The molecule has 6 heteroatoms. The van der Waals surface area contributed by atoms with E-state index in [1.54, 1.807) is 0 Å². The van der Waals surface area contributed by atoms with Crippen molar-refractivity contribution in [3.05, 3.63) is 18.2 Å². The van der Waals surface area contributed by atoms with Crippen LogP contribution in [-0.4, -0.2) is 35.4 Å². The number of nitrogens with two attached hydrogens (primary N) is 1. The van der Waals surface area contributed by atoms with Crippen LogP contribution in [0.15, 0.2) is 18.2 Å². The van der Waals surface area contributed by atoms with Gasteiger partial charge in [-0.3, -0.25) is 0 Å². The third-order valence-electron chi connectivity index (χ3n) is 4.09. The van der Waals surface area contributed by atoms with E-state index in [1.807, 2.05) is 18.2 Å². The Morgan fingerprint density at radius 2 is 2.20 bits per heavy atom. The first-order valence-corrected chi connectivity index (χ1v) is 8.55. The Morgan fingerprint density at radius 3 is 3.05 bits per heavy atom. The molecule has 0 aliphatic heterocycles. The van der Waals surface area contributed by atoms with Gasteiger partial charge >= 0.3 is 124 Å². The van der Waals surface area contributed by atoms with E-state index in [2.05, 4.69) is 13.3 Å². The number of amides is 1. The van der Waals surface area contributed by atoms with E-state index in [4.69, 9.17) is 5.73 Å². The quantitative estimate of drug-likeness (QED) is 0.830. The Balaban J connectivity index is 1.79. The fraction of sp³-hybridized carbons (Fsp3) is 0.500. The average molecular weight is 337 g/mol. The molecule has 0 spiro atoms. The van der Waals surface area contributed by atoms with Gasteiger partial charge in [-0.25, -0.2) is 0 Å². The zero-order valence-corrected chi connectivity index (χ0v) is 12.9. The summed E-state index contributed by atoms with van der Waals surface area (Å²) in [5.74, 6) is 0.433. The maximum absolute atomic E-state index is 12.5. The van der Waals surface area contributed by atoms with E-state index >= 15 is 0 Å². The number of hydrogen-bond donors (Lipinski definition) is 2. The monoisotopic (exact) mass is 338 g/mol. The van der Waals surface area contributed by atoms with Crippen LogP contribution in [0.5, 0.6) is 0 Å². The van der Waals surface area contributed by atoms with Gasteiger partial charge in [0.05, 0.1) is 0 Å². The van der Waals surface area contributed by atoms with Gasteiger partial charge in [-0.1, -0.05) is 0 Å². The Morgan fingerprint density at radius 1 is 1.35 bits per heavy atom. The molecule has 1 saturated carbocycles. The Hall–Kier alpha value is -1.23. The summed E-state index contributed by atoms with van der Waals surface area (Å²) in [6.45, 7) is 0.591. The van der Waals surface area contributed by atoms with Gasteiger partial charge in [-0.2, -0.15) is 0 Å². The first-order chi connectivity index (χ1) is 9.79. The minimum atomic E-state index is -0.0756. The van der Waals surface area contributed by atoms with Crippen LogP contribution < -0.4 is 11.1 Å². The number of anilines is 1. The summed E-state index contributed by atoms with van der Waals surface area (Å²) in [6.07, 6.45) is 4.30. The van der Waals surface area contributed by atoms with Crippen LogP contribution in [0.3, 0.4) is 0 Å². The van der Waals surface area contributed by atoms with E-state index in [1.165, 1.54) is 6.42 Å². The first kappa shape index (κ1) is 13.7. The molecule has 1 aromatic heterocycles. The molecule has 3 N–H and O–H groups in total. The summed E-state index contributed by atoms with van der Waals surface area (Å²) < 4.78 is 8.73. The summed E-state index contributed by atoms with van der Waals surface area (Å²) in [7, 11) is 0. The van der Waals surface area contributed by atoms with Crippen LogP contribution in [0.1, 0.15) is 25.7 Å². The second kappa shape index (κ2) is 6.04. The van der Waals surface area contributed by atoms with Crippen molar-refractivity contribution in [3.63, 3.8) is 0 Å². The summed E-state index contributed by atoms with van der Waals surface area (Å²) >= 11 is -0.0756.